The summed E-state index contributed by atoms with van der Waals surface area (Å²) in [7, 11) is -2.27. The molecule has 0 aromatic heterocycles. The summed E-state index contributed by atoms with van der Waals surface area (Å²) in [6.45, 7) is 6.85. The summed E-state index contributed by atoms with van der Waals surface area (Å²) in [5.74, 6) is -1.76. The van der Waals surface area contributed by atoms with Crippen LogP contribution >= 0.6 is 0 Å². The molecule has 1 rings (SSSR count). The van der Waals surface area contributed by atoms with Gasteiger partial charge in [-0.2, -0.15) is 0 Å². The third-order valence-electron chi connectivity index (χ3n) is 3.23. The maximum absolute atomic E-state index is 12.6. The molecule has 0 aliphatic carbocycles. The average Bonchev–Trinajstić information content (AvgIpc) is 2.26. The van der Waals surface area contributed by atoms with E-state index in [2.05, 4.69) is 0 Å². The molecule has 0 saturated heterocycles. The number of nitrogens with zero attached hydrogens (tertiary/aromatic N) is 1. The van der Waals surface area contributed by atoms with Gasteiger partial charge in [0.25, 0.3) is 0 Å². The molecule has 0 spiro atoms. The molecule has 0 fully saturated rings. The molecule has 0 amide bonds. The van der Waals surface area contributed by atoms with Crippen molar-refractivity contribution < 1.29 is 18.3 Å². The largest absolute Gasteiger partial charge is 0.481 e. The molecule has 0 aliphatic rings. The number of carbonyl (C=O) groups is 1. The van der Waals surface area contributed by atoms with E-state index in [4.69, 9.17) is 5.11 Å². The number of carboxylic acid groups (broad SMARTS) is 1. The molecule has 5 nitrogen and oxygen atoms in total. The summed E-state index contributed by atoms with van der Waals surface area (Å²) >= 11 is 0. The Labute approximate surface area is 120 Å². The first-order valence-corrected chi connectivity index (χ1v) is 7.78. The van der Waals surface area contributed by atoms with Crippen LogP contribution in [0.1, 0.15) is 23.6 Å². The normalized spacial score (nSPS) is 13.5. The lowest BCUT2D eigenvalue weighted by atomic mass is 10.1. The molecule has 0 aliphatic heterocycles. The summed E-state index contributed by atoms with van der Waals surface area (Å²) in [6.07, 6.45) is 0. The van der Waals surface area contributed by atoms with Crippen LogP contribution in [0.15, 0.2) is 17.0 Å². The predicted molar refractivity (Wildman–Crippen MR) is 77.3 cm³/mol. The van der Waals surface area contributed by atoms with E-state index in [1.807, 2.05) is 19.1 Å². The van der Waals surface area contributed by atoms with Crippen molar-refractivity contribution in [2.75, 3.05) is 13.6 Å². The second-order valence-corrected chi connectivity index (χ2v) is 7.23. The molecule has 1 aromatic rings. The van der Waals surface area contributed by atoms with Crippen molar-refractivity contribution in [3.05, 3.63) is 28.8 Å². The van der Waals surface area contributed by atoms with Gasteiger partial charge in [-0.25, -0.2) is 12.7 Å². The third kappa shape index (κ3) is 3.37. The first kappa shape index (κ1) is 16.7. The number of aryl methyl sites for hydroxylation is 3. The highest BCUT2D eigenvalue weighted by Crippen LogP contribution is 2.25. The number of benzene rings is 1. The fourth-order valence-electron chi connectivity index (χ4n) is 2.29. The molecule has 0 bridgehead atoms. The maximum atomic E-state index is 12.6. The van der Waals surface area contributed by atoms with Gasteiger partial charge in [0.2, 0.25) is 10.0 Å². The molecule has 0 saturated carbocycles. The van der Waals surface area contributed by atoms with Gasteiger partial charge in [-0.15, -0.1) is 0 Å². The van der Waals surface area contributed by atoms with Crippen molar-refractivity contribution in [1.82, 2.24) is 4.31 Å². The van der Waals surface area contributed by atoms with Gasteiger partial charge in [0.05, 0.1) is 10.8 Å². The standard InChI is InChI=1S/C14H21NO4S/c1-9-6-10(2)13(11(3)7-9)20(18,19)15(5)8-12(4)14(16)17/h6-7,12H,8H2,1-5H3,(H,16,17). The van der Waals surface area contributed by atoms with Gasteiger partial charge in [-0.1, -0.05) is 24.6 Å². The van der Waals surface area contributed by atoms with Gasteiger partial charge in [0, 0.05) is 13.6 Å². The minimum atomic E-state index is -3.68. The van der Waals surface area contributed by atoms with Crippen molar-refractivity contribution in [3.63, 3.8) is 0 Å². The van der Waals surface area contributed by atoms with Crippen molar-refractivity contribution >= 4 is 16.0 Å². The Balaban J connectivity index is 3.21. The van der Waals surface area contributed by atoms with Crippen LogP contribution in [0, 0.1) is 26.7 Å². The van der Waals surface area contributed by atoms with Gasteiger partial charge < -0.3 is 5.11 Å². The Morgan fingerprint density at radius 2 is 1.70 bits per heavy atom. The van der Waals surface area contributed by atoms with Crippen LogP contribution in [0.2, 0.25) is 0 Å². The minimum Gasteiger partial charge on any atom is -0.481 e. The molecule has 1 unspecified atom stereocenters. The van der Waals surface area contributed by atoms with Crippen LogP contribution in [0.3, 0.4) is 0 Å². The van der Waals surface area contributed by atoms with Crippen LogP contribution in [0.5, 0.6) is 0 Å². The summed E-state index contributed by atoms with van der Waals surface area (Å²) in [5, 5.41) is 8.89. The van der Waals surface area contributed by atoms with Gasteiger partial charge in [0.15, 0.2) is 0 Å². The zero-order chi connectivity index (χ0) is 15.7. The van der Waals surface area contributed by atoms with Crippen molar-refractivity contribution in [1.29, 1.82) is 0 Å². The quantitative estimate of drug-likeness (QED) is 0.902. The Bertz CT molecular complexity index is 599. The number of aliphatic carboxylic acids is 1. The fourth-order valence-corrected chi connectivity index (χ4v) is 3.95. The van der Waals surface area contributed by atoms with Crippen molar-refractivity contribution in [3.8, 4) is 0 Å². The van der Waals surface area contributed by atoms with Gasteiger partial charge in [-0.05, 0) is 31.9 Å². The van der Waals surface area contributed by atoms with E-state index in [0.29, 0.717) is 11.1 Å². The lowest BCUT2D eigenvalue weighted by Gasteiger charge is -2.22. The molecule has 112 valence electrons. The van der Waals surface area contributed by atoms with E-state index in [1.165, 1.54) is 14.0 Å². The molecular formula is C14H21NO4S. The van der Waals surface area contributed by atoms with E-state index >= 15 is 0 Å². The monoisotopic (exact) mass is 299 g/mol. The zero-order valence-corrected chi connectivity index (χ0v) is 13.3. The van der Waals surface area contributed by atoms with Crippen molar-refractivity contribution in [2.24, 2.45) is 5.92 Å². The van der Waals surface area contributed by atoms with E-state index in [1.54, 1.807) is 13.8 Å². The summed E-state index contributed by atoms with van der Waals surface area (Å²) in [4.78, 5) is 11.1. The fraction of sp³-hybridized carbons (Fsp3) is 0.500. The Morgan fingerprint density at radius 1 is 1.25 bits per heavy atom. The Hall–Kier alpha value is -1.40. The maximum Gasteiger partial charge on any atom is 0.307 e. The number of rotatable bonds is 5. The van der Waals surface area contributed by atoms with E-state index in [-0.39, 0.29) is 11.4 Å². The topological polar surface area (TPSA) is 74.7 Å². The van der Waals surface area contributed by atoms with E-state index < -0.39 is 21.9 Å². The summed E-state index contributed by atoms with van der Waals surface area (Å²) < 4.78 is 26.3. The smallest absolute Gasteiger partial charge is 0.307 e. The molecule has 1 N–H and O–H groups in total. The molecule has 0 heterocycles. The minimum absolute atomic E-state index is 0.0512. The lowest BCUT2D eigenvalue weighted by molar-refractivity contribution is -0.141. The summed E-state index contributed by atoms with van der Waals surface area (Å²) in [5.41, 5.74) is 2.36. The van der Waals surface area contributed by atoms with Crippen LogP contribution < -0.4 is 0 Å². The molecule has 1 atom stereocenters. The predicted octanol–water partition coefficient (Wildman–Crippen LogP) is 1.95. The van der Waals surface area contributed by atoms with Crippen LogP contribution in [-0.2, 0) is 14.8 Å². The molecule has 6 heteroatoms. The molecule has 20 heavy (non-hydrogen) atoms. The number of carboxylic acids is 1. The van der Waals surface area contributed by atoms with Crippen LogP contribution in [0.25, 0.3) is 0 Å². The number of hydrogen-bond acceptors (Lipinski definition) is 3. The van der Waals surface area contributed by atoms with Crippen LogP contribution in [0.4, 0.5) is 0 Å². The second-order valence-electron chi connectivity index (χ2n) is 5.25. The highest BCUT2D eigenvalue weighted by molar-refractivity contribution is 7.89. The SMILES string of the molecule is Cc1cc(C)c(S(=O)(=O)N(C)CC(C)C(=O)O)c(C)c1. The number of hydrogen-bond donors (Lipinski definition) is 1. The van der Waals surface area contributed by atoms with Crippen LogP contribution in [-0.4, -0.2) is 37.4 Å². The second kappa shape index (κ2) is 5.93. The van der Waals surface area contributed by atoms with Gasteiger partial charge in [0.1, 0.15) is 0 Å². The van der Waals surface area contributed by atoms with Crippen molar-refractivity contribution in [2.45, 2.75) is 32.6 Å². The average molecular weight is 299 g/mol. The van der Waals surface area contributed by atoms with Gasteiger partial charge >= 0.3 is 5.97 Å². The lowest BCUT2D eigenvalue weighted by Crippen LogP contribution is -2.34. The molecule has 1 aromatic carbocycles. The van der Waals surface area contributed by atoms with Gasteiger partial charge in [-0.3, -0.25) is 4.79 Å². The zero-order valence-electron chi connectivity index (χ0n) is 12.5. The first-order chi connectivity index (χ1) is 9.07. The highest BCUT2D eigenvalue weighted by Gasteiger charge is 2.27. The molecule has 0 radical (unpaired) electrons. The first-order valence-electron chi connectivity index (χ1n) is 6.34. The van der Waals surface area contributed by atoms with E-state index in [9.17, 15) is 13.2 Å². The summed E-state index contributed by atoms with van der Waals surface area (Å²) in [6, 6.07) is 3.63. The Kier molecular flexibility index (Phi) is 4.94. The highest BCUT2D eigenvalue weighted by atomic mass is 32.2. The van der Waals surface area contributed by atoms with E-state index in [0.717, 1.165) is 9.87 Å². The Morgan fingerprint density at radius 3 is 2.10 bits per heavy atom. The third-order valence-corrected chi connectivity index (χ3v) is 5.36. The molecular weight excluding hydrogens is 278 g/mol. The number of sulfonamides is 1.